The molecule has 0 fully saturated rings. The minimum Gasteiger partial charge on any atom is -0.386 e. The van der Waals surface area contributed by atoms with E-state index in [0.29, 0.717) is 41.5 Å². The molecule has 1 aromatic rings. The first-order valence-corrected chi connectivity index (χ1v) is 13.6. The summed E-state index contributed by atoms with van der Waals surface area (Å²) in [6, 6.07) is 12.5. The molecule has 2 aliphatic carbocycles. The number of nitrogens with one attached hydrogen (secondary N) is 1. The molecule has 1 aromatic carbocycles. The third kappa shape index (κ3) is 6.41. The van der Waals surface area contributed by atoms with Crippen molar-refractivity contribution in [1.82, 2.24) is 4.72 Å². The van der Waals surface area contributed by atoms with Gasteiger partial charge in [-0.1, -0.05) is 24.3 Å². The van der Waals surface area contributed by atoms with Crippen molar-refractivity contribution in [2.75, 3.05) is 6.54 Å². The van der Waals surface area contributed by atoms with E-state index in [1.165, 1.54) is 6.07 Å². The first-order chi connectivity index (χ1) is 16.2. The standard InChI is InChI=1S/C23H26N2O8S2/c1-23(2,26)17-6-12-20-16(15-22(35(31,32)33)21(20)13-7-17)5-3-4-14-24-34(29,30)19-10-8-18(9-11-19)25(27)28/h6-13,15,24,26H,3-5,14H2,1-2H3,(H,31,32,33). The summed E-state index contributed by atoms with van der Waals surface area (Å²) in [5.74, 6) is 0. The summed E-state index contributed by atoms with van der Waals surface area (Å²) >= 11 is 0. The molecule has 0 heterocycles. The van der Waals surface area contributed by atoms with Crippen LogP contribution in [0.3, 0.4) is 0 Å². The molecule has 12 heteroatoms. The van der Waals surface area contributed by atoms with Crippen LogP contribution >= 0.6 is 0 Å². The van der Waals surface area contributed by atoms with Crippen molar-refractivity contribution in [3.05, 3.63) is 75.8 Å². The molecule has 3 rings (SSSR count). The molecule has 35 heavy (non-hydrogen) atoms. The van der Waals surface area contributed by atoms with Gasteiger partial charge in [-0.3, -0.25) is 14.7 Å². The van der Waals surface area contributed by atoms with E-state index in [-0.39, 0.29) is 22.0 Å². The van der Waals surface area contributed by atoms with E-state index in [1.807, 2.05) is 0 Å². The molecule has 0 aliphatic heterocycles. The second-order valence-corrected chi connectivity index (χ2v) is 11.8. The second-order valence-electron chi connectivity index (χ2n) is 8.62. The van der Waals surface area contributed by atoms with Crippen LogP contribution in [-0.4, -0.2) is 38.0 Å². The van der Waals surface area contributed by atoms with Crippen LogP contribution in [0.15, 0.2) is 64.4 Å². The van der Waals surface area contributed by atoms with Gasteiger partial charge in [0, 0.05) is 24.2 Å². The van der Waals surface area contributed by atoms with Crippen molar-refractivity contribution in [3.63, 3.8) is 0 Å². The van der Waals surface area contributed by atoms with E-state index in [4.69, 9.17) is 0 Å². The fourth-order valence-corrected chi connectivity index (χ4v) is 5.52. The van der Waals surface area contributed by atoms with Gasteiger partial charge in [0.25, 0.3) is 15.8 Å². The first kappa shape index (κ1) is 26.7. The topological polar surface area (TPSA) is 164 Å². The number of aliphatic hydroxyl groups is 1. The number of sulfonamides is 1. The maximum absolute atomic E-state index is 12.4. The Hall–Kier alpha value is -2.90. The lowest BCUT2D eigenvalue weighted by molar-refractivity contribution is -0.384. The molecule has 0 saturated carbocycles. The molecule has 3 N–H and O–H groups in total. The Labute approximate surface area is 203 Å². The number of rotatable bonds is 10. The minimum absolute atomic E-state index is 0.0852. The highest BCUT2D eigenvalue weighted by molar-refractivity contribution is 7.89. The van der Waals surface area contributed by atoms with Crippen LogP contribution in [0.2, 0.25) is 0 Å². The Kier molecular flexibility index (Phi) is 7.62. The third-order valence-electron chi connectivity index (χ3n) is 5.57. The largest absolute Gasteiger partial charge is 0.386 e. The molecule has 0 bridgehead atoms. The number of hydrogen-bond acceptors (Lipinski definition) is 7. The predicted octanol–water partition coefficient (Wildman–Crippen LogP) is 3.47. The lowest BCUT2D eigenvalue weighted by Crippen LogP contribution is -2.24. The number of hydrogen-bond donors (Lipinski definition) is 3. The summed E-state index contributed by atoms with van der Waals surface area (Å²) < 4.78 is 60.7. The first-order valence-electron chi connectivity index (χ1n) is 10.7. The molecule has 10 nitrogen and oxygen atoms in total. The highest BCUT2D eigenvalue weighted by atomic mass is 32.2. The third-order valence-corrected chi connectivity index (χ3v) is 7.94. The van der Waals surface area contributed by atoms with E-state index in [1.54, 1.807) is 38.1 Å². The van der Waals surface area contributed by atoms with Crippen LogP contribution in [0.5, 0.6) is 0 Å². The number of unbranched alkanes of at least 4 members (excludes halogenated alkanes) is 1. The Balaban J connectivity index is 1.70. The lowest BCUT2D eigenvalue weighted by atomic mass is 10.0. The smallest absolute Gasteiger partial charge is 0.295 e. The minimum atomic E-state index is -4.48. The van der Waals surface area contributed by atoms with Crippen molar-refractivity contribution in [2.45, 2.75) is 48.5 Å². The number of nitrogens with zero attached hydrogens (tertiary/aromatic N) is 1. The molecule has 188 valence electrons. The Morgan fingerprint density at radius 2 is 1.54 bits per heavy atom. The second kappa shape index (κ2) is 9.99. The molecule has 0 radical (unpaired) electrons. The zero-order valence-electron chi connectivity index (χ0n) is 19.1. The van der Waals surface area contributed by atoms with Crippen molar-refractivity contribution < 1.29 is 31.4 Å². The van der Waals surface area contributed by atoms with E-state index in [9.17, 15) is 36.6 Å². The summed E-state index contributed by atoms with van der Waals surface area (Å²) in [6.45, 7) is 3.32. The molecule has 0 spiro atoms. The van der Waals surface area contributed by atoms with E-state index in [2.05, 4.69) is 4.72 Å². The summed E-state index contributed by atoms with van der Waals surface area (Å²) in [5, 5.41) is 21.0. The SMILES string of the molecule is CC(C)(O)c1ccc2c(CCCCNS(=O)(=O)c3ccc([N+](=O)[O-])cc3)cc(S(=O)(=O)O)c-2cc1. The van der Waals surface area contributed by atoms with Crippen LogP contribution in [0.4, 0.5) is 5.69 Å². The van der Waals surface area contributed by atoms with E-state index in [0.717, 1.165) is 24.3 Å². The average Bonchev–Trinajstić information content (AvgIpc) is 2.95. The maximum atomic E-state index is 12.4. The van der Waals surface area contributed by atoms with Gasteiger partial charge in [-0.15, -0.1) is 0 Å². The van der Waals surface area contributed by atoms with Crippen LogP contribution in [-0.2, 0) is 32.2 Å². The van der Waals surface area contributed by atoms with Crippen LogP contribution in [0.25, 0.3) is 11.1 Å². The molecule has 0 aromatic heterocycles. The predicted molar refractivity (Wildman–Crippen MR) is 129 cm³/mol. The maximum Gasteiger partial charge on any atom is 0.295 e. The highest BCUT2D eigenvalue weighted by Crippen LogP contribution is 2.36. The van der Waals surface area contributed by atoms with Gasteiger partial charge >= 0.3 is 0 Å². The number of benzene rings is 1. The van der Waals surface area contributed by atoms with Crippen LogP contribution in [0.1, 0.15) is 37.8 Å². The van der Waals surface area contributed by atoms with Gasteiger partial charge in [0.05, 0.1) is 15.4 Å². The highest BCUT2D eigenvalue weighted by Gasteiger charge is 2.24. The average molecular weight is 523 g/mol. The molecule has 0 saturated heterocycles. The monoisotopic (exact) mass is 522 g/mol. The zero-order chi connectivity index (χ0) is 26.0. The molecule has 0 atom stereocenters. The van der Waals surface area contributed by atoms with Gasteiger partial charge in [-0.25, -0.2) is 13.1 Å². The van der Waals surface area contributed by atoms with Gasteiger partial charge < -0.3 is 5.11 Å². The van der Waals surface area contributed by atoms with Crippen molar-refractivity contribution in [2.24, 2.45) is 0 Å². The molecule has 0 amide bonds. The summed E-state index contributed by atoms with van der Waals surface area (Å²) in [5.41, 5.74) is 0.829. The Bertz CT molecular complexity index is 1410. The van der Waals surface area contributed by atoms with E-state index < -0.39 is 30.7 Å². The number of nitro groups is 1. The normalized spacial score (nSPS) is 12.7. The van der Waals surface area contributed by atoms with Crippen LogP contribution < -0.4 is 4.72 Å². The molecule has 2 aliphatic rings. The zero-order valence-corrected chi connectivity index (χ0v) is 20.8. The van der Waals surface area contributed by atoms with E-state index >= 15 is 0 Å². The van der Waals surface area contributed by atoms with Crippen molar-refractivity contribution in [3.8, 4) is 11.1 Å². The quantitative estimate of drug-likeness (QED) is 0.158. The van der Waals surface area contributed by atoms with Crippen LogP contribution in [0, 0.1) is 10.1 Å². The number of aryl methyl sites for hydroxylation is 1. The Morgan fingerprint density at radius 1 is 0.943 bits per heavy atom. The molecular formula is C23H26N2O8S2. The van der Waals surface area contributed by atoms with Gasteiger partial charge in [0.2, 0.25) is 10.0 Å². The molecule has 0 unspecified atom stereocenters. The summed E-state index contributed by atoms with van der Waals surface area (Å²) in [7, 11) is -8.31. The number of non-ortho nitro benzene ring substituents is 1. The fraction of sp³-hybridized carbons (Fsp3) is 0.304. The summed E-state index contributed by atoms with van der Waals surface area (Å²) in [6.07, 6.45) is 1.38. The van der Waals surface area contributed by atoms with Gasteiger partial charge in [-0.2, -0.15) is 8.42 Å². The van der Waals surface area contributed by atoms with Gasteiger partial charge in [0.1, 0.15) is 4.90 Å². The van der Waals surface area contributed by atoms with Crippen molar-refractivity contribution >= 4 is 25.8 Å². The Morgan fingerprint density at radius 3 is 2.09 bits per heavy atom. The lowest BCUT2D eigenvalue weighted by Gasteiger charge is -2.15. The van der Waals surface area contributed by atoms with Gasteiger partial charge in [0.15, 0.2) is 0 Å². The fourth-order valence-electron chi connectivity index (χ4n) is 3.70. The number of nitro benzene ring substituents is 1. The summed E-state index contributed by atoms with van der Waals surface area (Å²) in [4.78, 5) is 9.80. The van der Waals surface area contributed by atoms with Crippen molar-refractivity contribution in [1.29, 1.82) is 0 Å². The molecular weight excluding hydrogens is 496 g/mol. The number of fused-ring (bicyclic) bond motifs is 1. The van der Waals surface area contributed by atoms with Gasteiger partial charge in [-0.05, 0) is 68.0 Å².